The molecule has 0 fully saturated rings. The topological polar surface area (TPSA) is 98.7 Å². The highest BCUT2D eigenvalue weighted by molar-refractivity contribution is 5.97. The second-order valence-electron chi connectivity index (χ2n) is 4.50. The Labute approximate surface area is 107 Å². The molecule has 104 valence electrons. The molecule has 0 aliphatic heterocycles. The highest BCUT2D eigenvalue weighted by Crippen LogP contribution is 2.15. The van der Waals surface area contributed by atoms with E-state index in [1.807, 2.05) is 0 Å². The number of carbonyl (C=O) groups excluding carboxylic acids is 2. The molecule has 1 unspecified atom stereocenters. The summed E-state index contributed by atoms with van der Waals surface area (Å²) in [6.45, 7) is 6.66. The molecule has 1 atom stereocenters. The standard InChI is InChI=1S/C11H21N3O4/c1-6-12-10(18)13-8(15)7(2)14(5)11(3,4)9(16)17/h7H,6H2,1-5H3,(H,16,17)(H2,12,13,15,18). The molecule has 18 heavy (non-hydrogen) atoms. The number of carbonyl (C=O) groups is 3. The van der Waals surface area contributed by atoms with E-state index >= 15 is 0 Å². The number of hydrogen-bond acceptors (Lipinski definition) is 4. The third kappa shape index (κ3) is 3.99. The van der Waals surface area contributed by atoms with E-state index in [0.29, 0.717) is 6.54 Å². The number of aliphatic carboxylic acids is 1. The maximum atomic E-state index is 11.7. The number of rotatable bonds is 5. The molecule has 7 heteroatoms. The summed E-state index contributed by atoms with van der Waals surface area (Å²) in [5, 5.41) is 13.6. The summed E-state index contributed by atoms with van der Waals surface area (Å²) in [5.41, 5.74) is -1.20. The van der Waals surface area contributed by atoms with E-state index in [0.717, 1.165) is 0 Å². The van der Waals surface area contributed by atoms with Gasteiger partial charge in [0.05, 0.1) is 6.04 Å². The van der Waals surface area contributed by atoms with E-state index in [2.05, 4.69) is 10.6 Å². The van der Waals surface area contributed by atoms with Gasteiger partial charge in [0.2, 0.25) is 5.91 Å². The minimum Gasteiger partial charge on any atom is -0.480 e. The van der Waals surface area contributed by atoms with Crippen LogP contribution in [-0.2, 0) is 9.59 Å². The Kier molecular flexibility index (Phi) is 5.77. The van der Waals surface area contributed by atoms with Gasteiger partial charge in [0.15, 0.2) is 0 Å². The molecule has 0 spiro atoms. The van der Waals surface area contributed by atoms with Gasteiger partial charge in [-0.1, -0.05) is 0 Å². The number of hydrogen-bond donors (Lipinski definition) is 3. The SMILES string of the molecule is CCNC(=O)NC(=O)C(C)N(C)C(C)(C)C(=O)O. The van der Waals surface area contributed by atoms with Gasteiger partial charge in [-0.25, -0.2) is 4.79 Å². The molecule has 0 aliphatic carbocycles. The van der Waals surface area contributed by atoms with Gasteiger partial charge in [-0.05, 0) is 34.7 Å². The van der Waals surface area contributed by atoms with Crippen molar-refractivity contribution in [1.29, 1.82) is 0 Å². The first kappa shape index (κ1) is 16.4. The van der Waals surface area contributed by atoms with Crippen LogP contribution in [0.15, 0.2) is 0 Å². The fraction of sp³-hybridized carbons (Fsp3) is 0.727. The molecule has 0 saturated carbocycles. The summed E-state index contributed by atoms with van der Waals surface area (Å²) >= 11 is 0. The molecular weight excluding hydrogens is 238 g/mol. The Balaban J connectivity index is 4.65. The number of amides is 3. The molecule has 7 nitrogen and oxygen atoms in total. The average Bonchev–Trinajstić information content (AvgIpc) is 2.26. The van der Waals surface area contributed by atoms with Crippen molar-refractivity contribution in [2.75, 3.05) is 13.6 Å². The van der Waals surface area contributed by atoms with E-state index in [4.69, 9.17) is 5.11 Å². The smallest absolute Gasteiger partial charge is 0.323 e. The Morgan fingerprint density at radius 2 is 1.83 bits per heavy atom. The zero-order valence-corrected chi connectivity index (χ0v) is 11.4. The number of urea groups is 1. The summed E-state index contributed by atoms with van der Waals surface area (Å²) in [6, 6.07) is -1.32. The second kappa shape index (κ2) is 6.34. The van der Waals surface area contributed by atoms with Gasteiger partial charge in [-0.15, -0.1) is 0 Å². The number of nitrogens with one attached hydrogen (secondary N) is 2. The van der Waals surface area contributed by atoms with Crippen molar-refractivity contribution in [2.45, 2.75) is 39.3 Å². The van der Waals surface area contributed by atoms with Gasteiger partial charge in [0, 0.05) is 6.54 Å². The van der Waals surface area contributed by atoms with Gasteiger partial charge in [0.25, 0.3) is 0 Å². The van der Waals surface area contributed by atoms with Gasteiger partial charge in [-0.3, -0.25) is 19.8 Å². The quantitative estimate of drug-likeness (QED) is 0.646. The van der Waals surface area contributed by atoms with Crippen LogP contribution in [0.25, 0.3) is 0 Å². The number of imide groups is 1. The van der Waals surface area contributed by atoms with Crippen LogP contribution in [-0.4, -0.2) is 53.1 Å². The molecular formula is C11H21N3O4. The Hall–Kier alpha value is -1.63. The zero-order valence-electron chi connectivity index (χ0n) is 11.4. The van der Waals surface area contributed by atoms with Gasteiger partial charge in [0.1, 0.15) is 5.54 Å². The Bertz CT molecular complexity index is 341. The lowest BCUT2D eigenvalue weighted by Crippen LogP contribution is -2.57. The van der Waals surface area contributed by atoms with Crippen LogP contribution in [0.4, 0.5) is 4.79 Å². The third-order valence-corrected chi connectivity index (χ3v) is 2.94. The predicted octanol–water partition coefficient (Wildman–Crippen LogP) is 0.0156. The number of nitrogens with zero attached hydrogens (tertiary/aromatic N) is 1. The van der Waals surface area contributed by atoms with E-state index in [9.17, 15) is 14.4 Å². The van der Waals surface area contributed by atoms with Crippen molar-refractivity contribution in [3.05, 3.63) is 0 Å². The molecule has 0 rings (SSSR count). The molecule has 3 N–H and O–H groups in total. The molecule has 0 radical (unpaired) electrons. The van der Waals surface area contributed by atoms with Crippen LogP contribution in [0.1, 0.15) is 27.7 Å². The summed E-state index contributed by atoms with van der Waals surface area (Å²) in [4.78, 5) is 35.4. The molecule has 0 aromatic carbocycles. The Morgan fingerprint density at radius 1 is 1.33 bits per heavy atom. The summed E-state index contributed by atoms with van der Waals surface area (Å²) in [7, 11) is 1.52. The molecule has 0 aromatic heterocycles. The minimum atomic E-state index is -1.20. The number of likely N-dealkylation sites (N-methyl/N-ethyl adjacent to an activating group) is 1. The predicted molar refractivity (Wildman–Crippen MR) is 66.2 cm³/mol. The molecule has 0 bridgehead atoms. The van der Waals surface area contributed by atoms with Crippen molar-refractivity contribution < 1.29 is 19.5 Å². The maximum absolute atomic E-state index is 11.7. The Morgan fingerprint density at radius 3 is 2.22 bits per heavy atom. The highest BCUT2D eigenvalue weighted by atomic mass is 16.4. The fourth-order valence-electron chi connectivity index (χ4n) is 1.23. The number of carboxylic acids is 1. The lowest BCUT2D eigenvalue weighted by molar-refractivity contribution is -0.150. The molecule has 0 saturated heterocycles. The van der Waals surface area contributed by atoms with Crippen molar-refractivity contribution in [3.8, 4) is 0 Å². The van der Waals surface area contributed by atoms with Crippen LogP contribution >= 0.6 is 0 Å². The molecule has 0 heterocycles. The van der Waals surface area contributed by atoms with E-state index in [1.54, 1.807) is 13.8 Å². The summed E-state index contributed by atoms with van der Waals surface area (Å²) in [6.07, 6.45) is 0. The monoisotopic (exact) mass is 259 g/mol. The normalized spacial score (nSPS) is 13.0. The lowest BCUT2D eigenvalue weighted by atomic mass is 10.0. The minimum absolute atomic E-state index is 0.407. The first-order chi connectivity index (χ1) is 8.14. The van der Waals surface area contributed by atoms with Crippen molar-refractivity contribution in [3.63, 3.8) is 0 Å². The first-order valence-electron chi connectivity index (χ1n) is 5.69. The van der Waals surface area contributed by atoms with Crippen LogP contribution < -0.4 is 10.6 Å². The third-order valence-electron chi connectivity index (χ3n) is 2.94. The van der Waals surface area contributed by atoms with E-state index < -0.39 is 29.5 Å². The van der Waals surface area contributed by atoms with Gasteiger partial charge >= 0.3 is 12.0 Å². The van der Waals surface area contributed by atoms with Crippen molar-refractivity contribution in [1.82, 2.24) is 15.5 Å². The van der Waals surface area contributed by atoms with Crippen LogP contribution in [0, 0.1) is 0 Å². The summed E-state index contributed by atoms with van der Waals surface area (Å²) in [5.74, 6) is -1.58. The van der Waals surface area contributed by atoms with E-state index in [-0.39, 0.29) is 0 Å². The second-order valence-corrected chi connectivity index (χ2v) is 4.50. The molecule has 0 aromatic rings. The maximum Gasteiger partial charge on any atom is 0.323 e. The zero-order chi connectivity index (χ0) is 14.5. The highest BCUT2D eigenvalue weighted by Gasteiger charge is 2.37. The van der Waals surface area contributed by atoms with Crippen molar-refractivity contribution >= 4 is 17.9 Å². The largest absolute Gasteiger partial charge is 0.480 e. The van der Waals surface area contributed by atoms with Gasteiger partial charge in [-0.2, -0.15) is 0 Å². The van der Waals surface area contributed by atoms with Gasteiger partial charge < -0.3 is 10.4 Å². The van der Waals surface area contributed by atoms with Crippen molar-refractivity contribution in [2.24, 2.45) is 0 Å². The summed E-state index contributed by atoms with van der Waals surface area (Å²) < 4.78 is 0. The molecule has 0 aliphatic rings. The van der Waals surface area contributed by atoms with Crippen LogP contribution in [0.5, 0.6) is 0 Å². The van der Waals surface area contributed by atoms with E-state index in [1.165, 1.54) is 25.8 Å². The first-order valence-corrected chi connectivity index (χ1v) is 5.69. The van der Waals surface area contributed by atoms with Crippen LogP contribution in [0.3, 0.4) is 0 Å². The lowest BCUT2D eigenvalue weighted by Gasteiger charge is -2.35. The van der Waals surface area contributed by atoms with Crippen LogP contribution in [0.2, 0.25) is 0 Å². The average molecular weight is 259 g/mol. The molecule has 3 amide bonds. The fourth-order valence-corrected chi connectivity index (χ4v) is 1.23. The number of carboxylic acid groups (broad SMARTS) is 1.